The third-order valence-electron chi connectivity index (χ3n) is 5.77. The van der Waals surface area contributed by atoms with Gasteiger partial charge in [-0.25, -0.2) is 0 Å². The number of anilines is 1. The molecule has 0 aromatic carbocycles. The van der Waals surface area contributed by atoms with Crippen LogP contribution in [-0.4, -0.2) is 26.4 Å². The normalized spacial score (nSPS) is 16.4. The Balaban J connectivity index is 1.70. The molecule has 0 radical (unpaired) electrons. The summed E-state index contributed by atoms with van der Waals surface area (Å²) < 4.78 is 2.06. The van der Waals surface area contributed by atoms with E-state index in [2.05, 4.69) is 67.7 Å². The molecule has 162 valence electrons. The van der Waals surface area contributed by atoms with Crippen molar-refractivity contribution in [2.24, 2.45) is 11.3 Å². The highest BCUT2D eigenvalue weighted by Gasteiger charge is 2.32. The fraction of sp³-hybridized carbons (Fsp3) is 0.636. The summed E-state index contributed by atoms with van der Waals surface area (Å²) >= 11 is 2.96. The van der Waals surface area contributed by atoms with Gasteiger partial charge < -0.3 is 9.88 Å². The van der Waals surface area contributed by atoms with E-state index in [-0.39, 0.29) is 23.0 Å². The molecule has 2 heterocycles. The summed E-state index contributed by atoms with van der Waals surface area (Å²) in [6.45, 7) is 13.8. The van der Waals surface area contributed by atoms with Gasteiger partial charge in [0.1, 0.15) is 16.9 Å². The van der Waals surface area contributed by atoms with Crippen LogP contribution in [0, 0.1) is 22.7 Å². The van der Waals surface area contributed by atoms with Crippen LogP contribution in [0.3, 0.4) is 0 Å². The number of thiophene rings is 1. The van der Waals surface area contributed by atoms with Gasteiger partial charge in [-0.05, 0) is 43.1 Å². The minimum Gasteiger partial charge on any atom is -0.316 e. The van der Waals surface area contributed by atoms with Crippen LogP contribution in [0.1, 0.15) is 75.7 Å². The van der Waals surface area contributed by atoms with Gasteiger partial charge in [-0.1, -0.05) is 46.4 Å². The first-order valence-corrected chi connectivity index (χ1v) is 12.4. The van der Waals surface area contributed by atoms with E-state index in [0.29, 0.717) is 16.5 Å². The molecular weight excluding hydrogens is 414 g/mol. The van der Waals surface area contributed by atoms with E-state index < -0.39 is 0 Å². The van der Waals surface area contributed by atoms with Gasteiger partial charge in [0.15, 0.2) is 5.16 Å². The van der Waals surface area contributed by atoms with Crippen LogP contribution in [0.2, 0.25) is 0 Å². The average Bonchev–Trinajstić information content (AvgIpc) is 3.25. The lowest BCUT2D eigenvalue weighted by Gasteiger charge is -2.33. The minimum absolute atomic E-state index is 0.112. The van der Waals surface area contributed by atoms with Gasteiger partial charge in [-0.3, -0.25) is 4.79 Å². The van der Waals surface area contributed by atoms with Crippen molar-refractivity contribution in [2.75, 3.05) is 11.1 Å². The number of thioether (sulfide) groups is 1. The number of fused-ring (bicyclic) bond motifs is 1. The maximum Gasteiger partial charge on any atom is 0.235 e. The second-order valence-electron chi connectivity index (χ2n) is 9.20. The van der Waals surface area contributed by atoms with Gasteiger partial charge in [0.2, 0.25) is 5.91 Å². The van der Waals surface area contributed by atoms with Crippen LogP contribution < -0.4 is 5.32 Å². The molecule has 0 saturated heterocycles. The summed E-state index contributed by atoms with van der Waals surface area (Å²) in [5.74, 6) is 1.96. The molecule has 0 aliphatic heterocycles. The predicted octanol–water partition coefficient (Wildman–Crippen LogP) is 5.24. The smallest absolute Gasteiger partial charge is 0.235 e. The highest BCUT2D eigenvalue weighted by Crippen LogP contribution is 2.44. The minimum atomic E-state index is -0.112. The van der Waals surface area contributed by atoms with Crippen molar-refractivity contribution in [3.8, 4) is 6.07 Å². The van der Waals surface area contributed by atoms with Crippen molar-refractivity contribution < 1.29 is 4.79 Å². The Labute approximate surface area is 187 Å². The van der Waals surface area contributed by atoms with Gasteiger partial charge in [0.25, 0.3) is 0 Å². The molecule has 0 saturated carbocycles. The highest BCUT2D eigenvalue weighted by atomic mass is 32.2. The first-order chi connectivity index (χ1) is 14.2. The molecule has 30 heavy (non-hydrogen) atoms. The first kappa shape index (κ1) is 22.8. The third-order valence-corrected chi connectivity index (χ3v) is 7.90. The summed E-state index contributed by atoms with van der Waals surface area (Å²) in [7, 11) is 0. The summed E-state index contributed by atoms with van der Waals surface area (Å²) in [5, 5.41) is 22.7. The van der Waals surface area contributed by atoms with Crippen molar-refractivity contribution in [2.45, 2.75) is 78.4 Å². The Morgan fingerprint density at radius 3 is 2.73 bits per heavy atom. The van der Waals surface area contributed by atoms with Gasteiger partial charge in [0.05, 0.1) is 11.3 Å². The van der Waals surface area contributed by atoms with E-state index in [1.165, 1.54) is 16.6 Å². The molecular formula is C22H31N5OS2. The molecule has 0 spiro atoms. The maximum absolute atomic E-state index is 12.6. The zero-order chi connectivity index (χ0) is 22.1. The highest BCUT2D eigenvalue weighted by molar-refractivity contribution is 7.99. The Kier molecular flexibility index (Phi) is 6.93. The monoisotopic (exact) mass is 445 g/mol. The second kappa shape index (κ2) is 9.11. The molecule has 1 aliphatic carbocycles. The molecule has 1 atom stereocenters. The molecule has 2 aromatic heterocycles. The van der Waals surface area contributed by atoms with Crippen LogP contribution in [0.5, 0.6) is 0 Å². The lowest BCUT2D eigenvalue weighted by atomic mass is 9.72. The van der Waals surface area contributed by atoms with E-state index in [1.54, 1.807) is 11.3 Å². The molecule has 3 rings (SSSR count). The number of aromatic nitrogens is 3. The van der Waals surface area contributed by atoms with Crippen molar-refractivity contribution in [3.05, 3.63) is 21.8 Å². The molecule has 1 amide bonds. The lowest BCUT2D eigenvalue weighted by molar-refractivity contribution is -0.113. The van der Waals surface area contributed by atoms with Gasteiger partial charge >= 0.3 is 0 Å². The fourth-order valence-corrected chi connectivity index (χ4v) is 6.06. The number of carbonyl (C=O) groups is 1. The Morgan fingerprint density at radius 2 is 2.13 bits per heavy atom. The first-order valence-electron chi connectivity index (χ1n) is 10.6. The van der Waals surface area contributed by atoms with Crippen LogP contribution in [-0.2, 0) is 24.2 Å². The number of hydrogen-bond donors (Lipinski definition) is 1. The fourth-order valence-electron chi connectivity index (χ4n) is 3.96. The molecule has 1 aliphatic rings. The lowest BCUT2D eigenvalue weighted by Crippen LogP contribution is -2.26. The third kappa shape index (κ3) is 4.73. The number of amides is 1. The van der Waals surface area contributed by atoms with E-state index in [1.807, 2.05) is 0 Å². The largest absolute Gasteiger partial charge is 0.316 e. The molecule has 6 nitrogen and oxygen atoms in total. The van der Waals surface area contributed by atoms with E-state index in [9.17, 15) is 10.1 Å². The zero-order valence-electron chi connectivity index (χ0n) is 18.7. The van der Waals surface area contributed by atoms with Crippen LogP contribution in [0.15, 0.2) is 5.16 Å². The Bertz CT molecular complexity index is 962. The van der Waals surface area contributed by atoms with Crippen molar-refractivity contribution in [1.29, 1.82) is 5.26 Å². The van der Waals surface area contributed by atoms with Crippen molar-refractivity contribution in [1.82, 2.24) is 14.8 Å². The second-order valence-corrected chi connectivity index (χ2v) is 11.2. The predicted molar refractivity (Wildman–Crippen MR) is 123 cm³/mol. The average molecular weight is 446 g/mol. The summed E-state index contributed by atoms with van der Waals surface area (Å²) in [6, 6.07) is 2.33. The summed E-state index contributed by atoms with van der Waals surface area (Å²) in [5.41, 5.74) is 2.04. The number of nitrogens with one attached hydrogen (secondary N) is 1. The number of rotatable bonds is 6. The van der Waals surface area contributed by atoms with Crippen molar-refractivity contribution >= 4 is 34.0 Å². The van der Waals surface area contributed by atoms with E-state index in [0.717, 1.165) is 42.4 Å². The molecule has 1 N–H and O–H groups in total. The molecule has 1 unspecified atom stereocenters. The zero-order valence-corrected chi connectivity index (χ0v) is 20.3. The number of hydrogen-bond acceptors (Lipinski definition) is 6. The molecule has 0 bridgehead atoms. The molecule has 0 fully saturated rings. The SMILES string of the molecule is CCn1c(SCC(=O)Nc2sc3c(c2C#N)CCC(C(C)(C)C)C3)nnc1C(C)C. The van der Waals surface area contributed by atoms with Gasteiger partial charge in [0, 0.05) is 17.3 Å². The topological polar surface area (TPSA) is 83.6 Å². The van der Waals surface area contributed by atoms with Gasteiger partial charge in [-0.15, -0.1) is 21.5 Å². The van der Waals surface area contributed by atoms with Gasteiger partial charge in [-0.2, -0.15) is 5.26 Å². The van der Waals surface area contributed by atoms with E-state index in [4.69, 9.17) is 0 Å². The standard InChI is InChI=1S/C22H31N5OS2/c1-7-27-19(13(2)3)25-26-21(27)29-12-18(28)24-20-16(11-23)15-9-8-14(22(4,5)6)10-17(15)30-20/h13-14H,7-10,12H2,1-6H3,(H,24,28). The molecule has 2 aromatic rings. The quantitative estimate of drug-likeness (QED) is 0.615. The van der Waals surface area contributed by atoms with Crippen LogP contribution in [0.4, 0.5) is 5.00 Å². The summed E-state index contributed by atoms with van der Waals surface area (Å²) in [4.78, 5) is 13.9. The Hall–Kier alpha value is -1.85. The van der Waals surface area contributed by atoms with Crippen molar-refractivity contribution in [3.63, 3.8) is 0 Å². The van der Waals surface area contributed by atoms with E-state index >= 15 is 0 Å². The van der Waals surface area contributed by atoms with Crippen LogP contribution >= 0.6 is 23.1 Å². The number of carbonyl (C=O) groups excluding carboxylic acids is 1. The number of nitriles is 1. The molecule has 8 heteroatoms. The number of nitrogens with zero attached hydrogens (tertiary/aromatic N) is 4. The van der Waals surface area contributed by atoms with Crippen LogP contribution in [0.25, 0.3) is 0 Å². The maximum atomic E-state index is 12.6. The summed E-state index contributed by atoms with van der Waals surface area (Å²) in [6.07, 6.45) is 3.00. The Morgan fingerprint density at radius 1 is 1.40 bits per heavy atom.